The molecule has 63 heavy (non-hydrogen) atoms. The van der Waals surface area contributed by atoms with Gasteiger partial charge in [0.1, 0.15) is 11.5 Å². The Morgan fingerprint density at radius 2 is 1.29 bits per heavy atom. The van der Waals surface area contributed by atoms with Gasteiger partial charge >= 0.3 is 23.2 Å². The van der Waals surface area contributed by atoms with Crippen LogP contribution in [0.2, 0.25) is 0 Å². The summed E-state index contributed by atoms with van der Waals surface area (Å²) in [6, 6.07) is 17.5. The highest BCUT2D eigenvalue weighted by Gasteiger charge is 2.22. The number of carbonyl (C=O) groups is 2. The molecule has 5 rings (SSSR count). The highest BCUT2D eigenvalue weighted by atomic mass is 32.2. The molecule has 0 fully saturated rings. The molecule has 342 valence electrons. The van der Waals surface area contributed by atoms with E-state index in [1.807, 2.05) is 25.1 Å². The molecule has 15 nitrogen and oxygen atoms in total. The van der Waals surface area contributed by atoms with Gasteiger partial charge in [-0.15, -0.1) is 10.2 Å². The number of anilines is 1. The molecule has 0 aliphatic rings. The lowest BCUT2D eigenvalue weighted by Gasteiger charge is -2.16. The molecule has 3 unspecified atom stereocenters. The second kappa shape index (κ2) is 25.1. The van der Waals surface area contributed by atoms with Crippen LogP contribution in [-0.4, -0.2) is 53.4 Å². The predicted octanol–water partition coefficient (Wildman–Crippen LogP) is 10.7. The van der Waals surface area contributed by atoms with Crippen LogP contribution in [0, 0.1) is 6.92 Å². The minimum atomic E-state index is -2.26. The highest BCUT2D eigenvalue weighted by Crippen LogP contribution is 2.35. The number of nitrogens with one attached hydrogen (secondary N) is 3. The fourth-order valence-electron chi connectivity index (χ4n) is 6.50. The van der Waals surface area contributed by atoms with Crippen LogP contribution in [0.3, 0.4) is 0 Å². The Morgan fingerprint density at radius 3 is 1.89 bits per heavy atom. The van der Waals surface area contributed by atoms with Gasteiger partial charge in [0.15, 0.2) is 23.0 Å². The van der Waals surface area contributed by atoms with Crippen molar-refractivity contribution in [3.63, 3.8) is 0 Å². The van der Waals surface area contributed by atoms with Crippen LogP contribution in [0.5, 0.6) is 23.0 Å². The molecule has 2 heterocycles. The van der Waals surface area contributed by atoms with Gasteiger partial charge in [-0.05, 0) is 75.1 Å². The molecule has 3 atom stereocenters. The number of esters is 2. The summed E-state index contributed by atoms with van der Waals surface area (Å²) < 4.78 is 63.3. The third kappa shape index (κ3) is 15.5. The van der Waals surface area contributed by atoms with E-state index in [1.165, 1.54) is 37.1 Å². The van der Waals surface area contributed by atoms with Gasteiger partial charge in [0.25, 0.3) is 11.3 Å². The maximum absolute atomic E-state index is 13.5. The summed E-state index contributed by atoms with van der Waals surface area (Å²) in [5.74, 6) is 0.222. The number of fused-ring (bicyclic) bond motifs is 1. The van der Waals surface area contributed by atoms with E-state index in [9.17, 15) is 18.0 Å². The van der Waals surface area contributed by atoms with Crippen molar-refractivity contribution in [1.82, 2.24) is 24.5 Å². The Hall–Kier alpha value is -5.26. The third-order valence-electron chi connectivity index (χ3n) is 10.1. The molecule has 3 aromatic carbocycles. The number of unbranched alkanes of at least 4 members (excludes halogenated alkanes) is 10. The predicted molar refractivity (Wildman–Crippen MR) is 246 cm³/mol. The molecule has 5 aromatic rings. The number of carbonyl (C=O) groups excluding carboxylic acids is 2. The molecule has 0 aliphatic carbocycles. The third-order valence-corrected chi connectivity index (χ3v) is 11.7. The quantitative estimate of drug-likeness (QED) is 0.0320. The summed E-state index contributed by atoms with van der Waals surface area (Å²) in [6.45, 7) is 12.6. The molecule has 0 bridgehead atoms. The van der Waals surface area contributed by atoms with E-state index in [0.717, 1.165) is 62.6 Å². The average Bonchev–Trinajstić information content (AvgIpc) is 3.86. The molecule has 0 spiro atoms. The lowest BCUT2D eigenvalue weighted by Crippen LogP contribution is -2.26. The number of rotatable bonds is 28. The molecule has 2 aromatic heterocycles. The molecular formula is C46H62N6O9S2. The van der Waals surface area contributed by atoms with Gasteiger partial charge in [0.05, 0.1) is 36.1 Å². The van der Waals surface area contributed by atoms with Crippen LogP contribution in [0.4, 0.5) is 5.69 Å². The zero-order valence-electron chi connectivity index (χ0n) is 37.2. The summed E-state index contributed by atoms with van der Waals surface area (Å²) in [4.78, 5) is 26.4. The van der Waals surface area contributed by atoms with Crippen molar-refractivity contribution in [2.75, 3.05) is 17.9 Å². The average molecular weight is 907 g/mol. The van der Waals surface area contributed by atoms with Crippen LogP contribution in [0.1, 0.15) is 161 Å². The first kappa shape index (κ1) is 48.8. The van der Waals surface area contributed by atoms with Crippen LogP contribution in [0.25, 0.3) is 5.65 Å². The molecule has 0 saturated carbocycles. The lowest BCUT2D eigenvalue weighted by atomic mass is 10.1. The summed E-state index contributed by atoms with van der Waals surface area (Å²) in [7, 11) is 0. The van der Waals surface area contributed by atoms with Crippen LogP contribution >= 0.6 is 0 Å². The van der Waals surface area contributed by atoms with Gasteiger partial charge in [0, 0.05) is 17.8 Å². The Kier molecular flexibility index (Phi) is 19.5. The molecule has 0 saturated heterocycles. The van der Waals surface area contributed by atoms with E-state index in [4.69, 9.17) is 22.6 Å². The maximum Gasteiger partial charge on any atom is 0.338 e. The van der Waals surface area contributed by atoms with Gasteiger partial charge < -0.3 is 22.6 Å². The topological polar surface area (TPSA) is 184 Å². The number of aryl methyl sites for hydroxylation is 1. The van der Waals surface area contributed by atoms with Crippen molar-refractivity contribution < 1.29 is 40.6 Å². The monoisotopic (exact) mass is 906 g/mol. The molecule has 0 amide bonds. The second-order valence-corrected chi connectivity index (χ2v) is 17.5. The van der Waals surface area contributed by atoms with Gasteiger partial charge in [-0.25, -0.2) is 14.1 Å². The number of H-pyrrole nitrogens is 1. The SMILES string of the molecule is CCCCCCCCOC(=O)c1cc(OS(=O)Nc2ccc(Oc3ccc(C)cc3)c(OS(=O)NC(C)c3nnc4cc(C(C)C)[nH]n34)c2)cc(C(=O)OCCCCCCCC)c1. The summed E-state index contributed by atoms with van der Waals surface area (Å²) in [5, 5.41) is 11.8. The fraction of sp³-hybridized carbons (Fsp3) is 0.478. The van der Waals surface area contributed by atoms with E-state index in [1.54, 1.807) is 35.7 Å². The number of ether oxygens (including phenoxy) is 3. The normalized spacial score (nSPS) is 12.8. The van der Waals surface area contributed by atoms with Crippen molar-refractivity contribution >= 4 is 45.8 Å². The minimum Gasteiger partial charge on any atom is -0.462 e. The van der Waals surface area contributed by atoms with E-state index in [0.29, 0.717) is 30.1 Å². The van der Waals surface area contributed by atoms with Crippen LogP contribution < -0.4 is 22.5 Å². The zero-order valence-corrected chi connectivity index (χ0v) is 38.9. The van der Waals surface area contributed by atoms with E-state index in [2.05, 4.69) is 52.4 Å². The number of hydrogen-bond acceptors (Lipinski definition) is 11. The zero-order chi connectivity index (χ0) is 45.1. The molecular weight excluding hydrogens is 845 g/mol. The van der Waals surface area contributed by atoms with E-state index < -0.39 is 40.5 Å². The number of hydrogen-bond donors (Lipinski definition) is 3. The fourth-order valence-corrected chi connectivity index (χ4v) is 7.87. The van der Waals surface area contributed by atoms with Gasteiger partial charge in [0.2, 0.25) is 0 Å². The van der Waals surface area contributed by atoms with Crippen molar-refractivity contribution in [1.29, 1.82) is 0 Å². The largest absolute Gasteiger partial charge is 0.462 e. The Labute approximate surface area is 375 Å². The molecule has 0 aliphatic heterocycles. The number of aromatic nitrogens is 4. The Morgan fingerprint density at radius 1 is 0.683 bits per heavy atom. The van der Waals surface area contributed by atoms with E-state index in [-0.39, 0.29) is 53.2 Å². The molecule has 3 N–H and O–H groups in total. The maximum atomic E-state index is 13.5. The summed E-state index contributed by atoms with van der Waals surface area (Å²) >= 11 is -4.39. The van der Waals surface area contributed by atoms with Crippen molar-refractivity contribution in [2.45, 2.75) is 131 Å². The number of nitrogens with zero attached hydrogens (tertiary/aromatic N) is 3. The smallest absolute Gasteiger partial charge is 0.338 e. The highest BCUT2D eigenvalue weighted by molar-refractivity contribution is 7.82. The van der Waals surface area contributed by atoms with Gasteiger partial charge in [-0.2, -0.15) is 13.1 Å². The van der Waals surface area contributed by atoms with Crippen molar-refractivity contribution in [3.05, 3.63) is 94.9 Å². The number of benzene rings is 3. The van der Waals surface area contributed by atoms with Crippen molar-refractivity contribution in [3.8, 4) is 23.0 Å². The van der Waals surface area contributed by atoms with Crippen LogP contribution in [0.15, 0.2) is 66.7 Å². The number of aromatic amines is 1. The van der Waals surface area contributed by atoms with Crippen LogP contribution in [-0.2, 0) is 32.0 Å². The first-order valence-electron chi connectivity index (χ1n) is 22.0. The van der Waals surface area contributed by atoms with Crippen molar-refractivity contribution in [2.24, 2.45) is 0 Å². The lowest BCUT2D eigenvalue weighted by molar-refractivity contribution is 0.0495. The van der Waals surface area contributed by atoms with E-state index >= 15 is 0 Å². The summed E-state index contributed by atoms with van der Waals surface area (Å²) in [5.41, 5.74) is 3.02. The molecule has 0 radical (unpaired) electrons. The van der Waals surface area contributed by atoms with Gasteiger partial charge in [-0.3, -0.25) is 9.82 Å². The second-order valence-electron chi connectivity index (χ2n) is 15.8. The summed E-state index contributed by atoms with van der Waals surface area (Å²) in [6.07, 6.45) is 12.3. The van der Waals surface area contributed by atoms with Gasteiger partial charge in [-0.1, -0.05) is 110 Å². The Bertz CT molecular complexity index is 2230. The first-order chi connectivity index (χ1) is 30.4. The first-order valence-corrected chi connectivity index (χ1v) is 24.1. The minimum absolute atomic E-state index is 0.0263. The molecule has 17 heteroatoms. The standard InChI is InChI=1S/C46H62N6O9S2/c1-7-9-11-13-15-17-25-57-45(53)35-27-36(46(54)58-26-18-16-14-12-10-8-2)29-39(28-35)60-63(56)51-37-21-24-41(59-38-22-19-33(5)20-23-38)42(30-37)61-62(55)50-34(6)44-48-47-43-31-40(32(3)4)49-52(43)44/h19-24,27-32,34,49-51H,7-18,25-26H2,1-6H3. The Balaban J connectivity index is 1.30.